The molecule has 0 N–H and O–H groups in total. The summed E-state index contributed by atoms with van der Waals surface area (Å²) in [6.45, 7) is 0. The van der Waals surface area contributed by atoms with E-state index < -0.39 is 0 Å². The molecule has 3 aromatic rings. The van der Waals surface area contributed by atoms with Gasteiger partial charge in [0.25, 0.3) is 0 Å². The summed E-state index contributed by atoms with van der Waals surface area (Å²) in [5.74, 6) is 1.57. The molecule has 90 valence electrons. The highest BCUT2D eigenvalue weighted by Crippen LogP contribution is 2.15. The molecule has 0 aliphatic rings. The molecule has 0 spiro atoms. The van der Waals surface area contributed by atoms with Gasteiger partial charge in [-0.05, 0) is 63.4 Å². The van der Waals surface area contributed by atoms with Gasteiger partial charge in [0.2, 0.25) is 0 Å². The second kappa shape index (κ2) is 4.96. The van der Waals surface area contributed by atoms with E-state index in [0.717, 1.165) is 18.8 Å². The van der Waals surface area contributed by atoms with Crippen molar-refractivity contribution in [3.8, 4) is 11.6 Å². The molecule has 0 aliphatic heterocycles. The number of pyridine rings is 1. The van der Waals surface area contributed by atoms with Gasteiger partial charge in [0.05, 0.1) is 9.77 Å². The third-order valence-electron chi connectivity index (χ3n) is 2.29. The summed E-state index contributed by atoms with van der Waals surface area (Å²) in [7, 11) is 0. The molecule has 5 nitrogen and oxygen atoms in total. The fraction of sp³-hybridized carbons (Fsp3) is 0. The molecule has 0 atom stereocenters. The van der Waals surface area contributed by atoms with Gasteiger partial charge in [0, 0.05) is 22.2 Å². The van der Waals surface area contributed by atoms with Crippen molar-refractivity contribution >= 4 is 45.2 Å². The summed E-state index contributed by atoms with van der Waals surface area (Å²) in [6, 6.07) is 5.83. The summed E-state index contributed by atoms with van der Waals surface area (Å²) >= 11 is 4.49. The molecular formula is C11H7I2N5. The molecule has 0 aliphatic carbocycles. The fourth-order valence-corrected chi connectivity index (χ4v) is 2.48. The van der Waals surface area contributed by atoms with Crippen molar-refractivity contribution in [2.24, 2.45) is 0 Å². The Labute approximate surface area is 131 Å². The highest BCUT2D eigenvalue weighted by Gasteiger charge is 2.06. The first-order valence-electron chi connectivity index (χ1n) is 5.10. The van der Waals surface area contributed by atoms with Crippen LogP contribution in [0.25, 0.3) is 11.6 Å². The minimum Gasteiger partial charge on any atom is -0.223 e. The van der Waals surface area contributed by atoms with Crippen LogP contribution in [0, 0.1) is 7.14 Å². The molecule has 0 radical (unpaired) electrons. The van der Waals surface area contributed by atoms with Crippen molar-refractivity contribution < 1.29 is 0 Å². The molecule has 0 unspecified atom stereocenters. The molecule has 0 aromatic carbocycles. The SMILES string of the molecule is Ic1cc(-n2cccn2)nc(-n2cc(I)cn2)c1. The summed E-state index contributed by atoms with van der Waals surface area (Å²) in [5, 5.41) is 8.45. The first-order chi connectivity index (χ1) is 8.72. The van der Waals surface area contributed by atoms with Crippen molar-refractivity contribution in [1.29, 1.82) is 0 Å². The van der Waals surface area contributed by atoms with Crippen LogP contribution in [0.3, 0.4) is 0 Å². The van der Waals surface area contributed by atoms with Crippen LogP contribution in [-0.2, 0) is 0 Å². The van der Waals surface area contributed by atoms with E-state index in [1.807, 2.05) is 30.6 Å². The number of rotatable bonds is 2. The average molecular weight is 463 g/mol. The molecule has 0 bridgehead atoms. The van der Waals surface area contributed by atoms with E-state index in [1.165, 1.54) is 0 Å². The van der Waals surface area contributed by atoms with Gasteiger partial charge in [-0.25, -0.2) is 14.3 Å². The van der Waals surface area contributed by atoms with Gasteiger partial charge in [0.15, 0.2) is 11.6 Å². The van der Waals surface area contributed by atoms with Gasteiger partial charge < -0.3 is 0 Å². The third-order valence-corrected chi connectivity index (χ3v) is 3.47. The van der Waals surface area contributed by atoms with Gasteiger partial charge in [0.1, 0.15) is 0 Å². The summed E-state index contributed by atoms with van der Waals surface area (Å²) in [6.07, 6.45) is 7.34. The van der Waals surface area contributed by atoms with Gasteiger partial charge in [-0.1, -0.05) is 0 Å². The first-order valence-corrected chi connectivity index (χ1v) is 7.26. The molecule has 18 heavy (non-hydrogen) atoms. The van der Waals surface area contributed by atoms with E-state index in [4.69, 9.17) is 0 Å². The van der Waals surface area contributed by atoms with Gasteiger partial charge >= 0.3 is 0 Å². The van der Waals surface area contributed by atoms with Crippen LogP contribution in [0.4, 0.5) is 0 Å². The van der Waals surface area contributed by atoms with Crippen molar-refractivity contribution in [3.05, 3.63) is 50.1 Å². The van der Waals surface area contributed by atoms with Crippen molar-refractivity contribution in [2.75, 3.05) is 0 Å². The van der Waals surface area contributed by atoms with Gasteiger partial charge in [-0.3, -0.25) is 0 Å². The Morgan fingerprint density at radius 1 is 0.944 bits per heavy atom. The number of nitrogens with zero attached hydrogens (tertiary/aromatic N) is 5. The summed E-state index contributed by atoms with van der Waals surface area (Å²) < 4.78 is 5.67. The lowest BCUT2D eigenvalue weighted by Crippen LogP contribution is -2.04. The van der Waals surface area contributed by atoms with Gasteiger partial charge in [-0.2, -0.15) is 10.2 Å². The van der Waals surface area contributed by atoms with Crippen molar-refractivity contribution in [3.63, 3.8) is 0 Å². The second-order valence-corrected chi connectivity index (χ2v) is 6.05. The van der Waals surface area contributed by atoms with Crippen LogP contribution in [0.1, 0.15) is 0 Å². The Morgan fingerprint density at radius 3 is 2.33 bits per heavy atom. The monoisotopic (exact) mass is 463 g/mol. The summed E-state index contributed by atoms with van der Waals surface area (Å²) in [5.41, 5.74) is 0. The van der Waals surface area contributed by atoms with E-state index in [1.54, 1.807) is 21.8 Å². The maximum Gasteiger partial charge on any atom is 0.156 e. The minimum atomic E-state index is 0.785. The van der Waals surface area contributed by atoms with Crippen LogP contribution >= 0.6 is 45.2 Å². The van der Waals surface area contributed by atoms with E-state index in [2.05, 4.69) is 60.4 Å². The van der Waals surface area contributed by atoms with Crippen LogP contribution < -0.4 is 0 Å². The van der Waals surface area contributed by atoms with Crippen molar-refractivity contribution in [2.45, 2.75) is 0 Å². The number of aromatic nitrogens is 5. The Hall–Kier alpha value is -0.970. The molecule has 3 aromatic heterocycles. The Balaban J connectivity index is 2.11. The normalized spacial score (nSPS) is 10.8. The van der Waals surface area contributed by atoms with E-state index in [-0.39, 0.29) is 0 Å². The van der Waals surface area contributed by atoms with Crippen LogP contribution in [0.15, 0.2) is 43.0 Å². The Kier molecular flexibility index (Phi) is 3.33. The lowest BCUT2D eigenvalue weighted by molar-refractivity contribution is 0.801. The Morgan fingerprint density at radius 2 is 1.72 bits per heavy atom. The third kappa shape index (κ3) is 2.41. The van der Waals surface area contributed by atoms with Gasteiger partial charge in [-0.15, -0.1) is 0 Å². The molecule has 3 rings (SSSR count). The minimum absolute atomic E-state index is 0.785. The molecule has 0 saturated carbocycles. The highest BCUT2D eigenvalue weighted by molar-refractivity contribution is 14.1. The lowest BCUT2D eigenvalue weighted by Gasteiger charge is -2.05. The quantitative estimate of drug-likeness (QED) is 0.550. The van der Waals surface area contributed by atoms with E-state index in [0.29, 0.717) is 0 Å². The smallest absolute Gasteiger partial charge is 0.156 e. The maximum absolute atomic E-state index is 4.55. The largest absolute Gasteiger partial charge is 0.223 e. The number of halogens is 2. The van der Waals surface area contributed by atoms with Crippen LogP contribution in [0.2, 0.25) is 0 Å². The fourth-order valence-electron chi connectivity index (χ4n) is 1.54. The standard InChI is InChI=1S/C11H7I2N5/c12-8-4-10(17-3-1-2-14-17)16-11(5-8)18-7-9(13)6-15-18/h1-7H. The second-order valence-electron chi connectivity index (χ2n) is 3.56. The number of hydrogen-bond acceptors (Lipinski definition) is 3. The molecule has 7 heteroatoms. The van der Waals surface area contributed by atoms with E-state index >= 15 is 0 Å². The molecule has 0 fully saturated rings. The topological polar surface area (TPSA) is 48.5 Å². The molecule has 3 heterocycles. The molecule has 0 saturated heterocycles. The molecule has 0 amide bonds. The van der Waals surface area contributed by atoms with E-state index in [9.17, 15) is 0 Å². The molecular weight excluding hydrogens is 456 g/mol. The highest BCUT2D eigenvalue weighted by atomic mass is 127. The first kappa shape index (κ1) is 12.1. The predicted molar refractivity (Wildman–Crippen MR) is 83.9 cm³/mol. The average Bonchev–Trinajstić information content (AvgIpc) is 2.98. The summed E-state index contributed by atoms with van der Waals surface area (Å²) in [4.78, 5) is 4.55. The van der Waals surface area contributed by atoms with Crippen LogP contribution in [-0.4, -0.2) is 24.5 Å². The van der Waals surface area contributed by atoms with Crippen LogP contribution in [0.5, 0.6) is 0 Å². The zero-order valence-electron chi connectivity index (χ0n) is 9.03. The zero-order valence-corrected chi connectivity index (χ0v) is 13.3. The Bertz CT molecular complexity index is 675. The predicted octanol–water partition coefficient (Wildman–Crippen LogP) is 2.66. The van der Waals surface area contributed by atoms with Crippen molar-refractivity contribution in [1.82, 2.24) is 24.5 Å². The lowest BCUT2D eigenvalue weighted by atomic mass is 10.4. The zero-order chi connectivity index (χ0) is 12.5. The maximum atomic E-state index is 4.55. The number of hydrogen-bond donors (Lipinski definition) is 0.